The molecule has 1 fully saturated rings. The zero-order valence-electron chi connectivity index (χ0n) is 15.9. The van der Waals surface area contributed by atoms with E-state index in [9.17, 15) is 4.79 Å². The van der Waals surface area contributed by atoms with Crippen molar-refractivity contribution >= 4 is 48.2 Å². The van der Waals surface area contributed by atoms with Gasteiger partial charge in [-0.3, -0.25) is 9.69 Å². The number of benzene rings is 2. The van der Waals surface area contributed by atoms with Crippen LogP contribution in [0, 0.1) is 5.92 Å². The number of nitrogens with one attached hydrogen (secondary N) is 1. The average Bonchev–Trinajstić information content (AvgIpc) is 2.81. The lowest BCUT2D eigenvalue weighted by molar-refractivity contribution is -0.120. The van der Waals surface area contributed by atoms with Gasteiger partial charge < -0.3 is 10.2 Å². The fourth-order valence-electron chi connectivity index (χ4n) is 3.68. The normalized spacial score (nSPS) is 22.8. The standard InChI is InChI=1S/C21H25N3OS.2ClH/c1-23-11-13-24(14-12-23)15-17-20(16-7-3-2-4-8-16)26-19-10-6-5-9-18(19)22-21(17)25;;/h2-10,17,20H,11-15H2,1H3,(H,22,25);2*1H/t17-,20+;;/m1../s1. The van der Waals surface area contributed by atoms with Crippen molar-refractivity contribution in [3.63, 3.8) is 0 Å². The number of piperazine rings is 1. The van der Waals surface area contributed by atoms with E-state index in [1.54, 1.807) is 0 Å². The van der Waals surface area contributed by atoms with E-state index in [-0.39, 0.29) is 41.9 Å². The van der Waals surface area contributed by atoms with Crippen LogP contribution in [0.3, 0.4) is 0 Å². The molecule has 2 heterocycles. The van der Waals surface area contributed by atoms with Gasteiger partial charge in [0.2, 0.25) is 5.91 Å². The van der Waals surface area contributed by atoms with E-state index < -0.39 is 0 Å². The fourth-order valence-corrected chi connectivity index (χ4v) is 5.03. The summed E-state index contributed by atoms with van der Waals surface area (Å²) in [5.41, 5.74) is 2.16. The second-order valence-electron chi connectivity index (χ2n) is 7.14. The van der Waals surface area contributed by atoms with Crippen molar-refractivity contribution < 1.29 is 4.79 Å². The summed E-state index contributed by atoms with van der Waals surface area (Å²) < 4.78 is 0. The number of rotatable bonds is 3. The Labute approximate surface area is 183 Å². The molecule has 7 heteroatoms. The third-order valence-corrected chi connectivity index (χ3v) is 6.74. The van der Waals surface area contributed by atoms with Crippen molar-refractivity contribution in [3.05, 3.63) is 60.2 Å². The molecule has 0 saturated carbocycles. The van der Waals surface area contributed by atoms with Gasteiger partial charge in [-0.05, 0) is 24.7 Å². The maximum Gasteiger partial charge on any atom is 0.230 e. The number of hydrogen-bond acceptors (Lipinski definition) is 4. The SMILES string of the molecule is CN1CCN(C[C@H]2C(=O)Nc3ccccc3S[C@H]2c2ccccc2)CC1.Cl.Cl. The minimum Gasteiger partial charge on any atom is -0.325 e. The first-order chi connectivity index (χ1) is 12.7. The van der Waals surface area contributed by atoms with Gasteiger partial charge in [0.05, 0.1) is 11.6 Å². The average molecular weight is 440 g/mol. The third-order valence-electron chi connectivity index (χ3n) is 5.28. The van der Waals surface area contributed by atoms with Crippen molar-refractivity contribution in [2.75, 3.05) is 45.1 Å². The maximum atomic E-state index is 13.1. The summed E-state index contributed by atoms with van der Waals surface area (Å²) in [4.78, 5) is 19.1. The van der Waals surface area contributed by atoms with Crippen LogP contribution in [-0.4, -0.2) is 55.5 Å². The van der Waals surface area contributed by atoms with Crippen molar-refractivity contribution in [1.29, 1.82) is 0 Å². The highest BCUT2D eigenvalue weighted by atomic mass is 35.5. The van der Waals surface area contributed by atoms with E-state index in [0.29, 0.717) is 0 Å². The van der Waals surface area contributed by atoms with Crippen molar-refractivity contribution in [1.82, 2.24) is 9.80 Å². The lowest BCUT2D eigenvalue weighted by Crippen LogP contribution is -2.48. The Hall–Kier alpha value is -1.24. The van der Waals surface area contributed by atoms with Crippen LogP contribution in [0.15, 0.2) is 59.5 Å². The quantitative estimate of drug-likeness (QED) is 0.777. The molecule has 2 aromatic carbocycles. The highest BCUT2D eigenvalue weighted by molar-refractivity contribution is 7.99. The van der Waals surface area contributed by atoms with Crippen LogP contribution in [0.4, 0.5) is 5.69 Å². The number of amides is 1. The molecule has 2 aromatic rings. The van der Waals surface area contributed by atoms with E-state index in [1.165, 1.54) is 5.56 Å². The summed E-state index contributed by atoms with van der Waals surface area (Å²) in [5, 5.41) is 3.30. The van der Waals surface area contributed by atoms with Gasteiger partial charge in [0, 0.05) is 42.9 Å². The number of halogens is 2. The van der Waals surface area contributed by atoms with Crippen LogP contribution in [0.2, 0.25) is 0 Å². The number of para-hydroxylation sites is 1. The Kier molecular flexibility index (Phi) is 8.65. The van der Waals surface area contributed by atoms with Gasteiger partial charge in [0.1, 0.15) is 0 Å². The monoisotopic (exact) mass is 439 g/mol. The molecule has 0 unspecified atom stereocenters. The van der Waals surface area contributed by atoms with Crippen LogP contribution in [0.5, 0.6) is 0 Å². The molecular formula is C21H27Cl2N3OS. The van der Waals surface area contributed by atoms with Gasteiger partial charge in [0.15, 0.2) is 0 Å². The summed E-state index contributed by atoms with van der Waals surface area (Å²) in [7, 11) is 2.16. The van der Waals surface area contributed by atoms with E-state index in [1.807, 2.05) is 36.0 Å². The number of hydrogen-bond donors (Lipinski definition) is 1. The molecule has 0 radical (unpaired) electrons. The first kappa shape index (κ1) is 23.0. The highest BCUT2D eigenvalue weighted by Crippen LogP contribution is 2.46. The summed E-state index contributed by atoms with van der Waals surface area (Å²) >= 11 is 1.81. The van der Waals surface area contributed by atoms with Gasteiger partial charge in [-0.2, -0.15) is 0 Å². The second kappa shape index (κ2) is 10.5. The van der Waals surface area contributed by atoms with Crippen LogP contribution < -0.4 is 5.32 Å². The third kappa shape index (κ3) is 5.22. The van der Waals surface area contributed by atoms with Gasteiger partial charge in [0.25, 0.3) is 0 Å². The van der Waals surface area contributed by atoms with Crippen LogP contribution >= 0.6 is 36.6 Å². The predicted molar refractivity (Wildman–Crippen MR) is 122 cm³/mol. The summed E-state index contributed by atoms with van der Waals surface area (Å²) in [6.45, 7) is 4.99. The Morgan fingerprint density at radius 3 is 2.32 bits per heavy atom. The second-order valence-corrected chi connectivity index (χ2v) is 8.33. The molecule has 28 heavy (non-hydrogen) atoms. The molecule has 4 rings (SSSR count). The van der Waals surface area contributed by atoms with Crippen molar-refractivity contribution in [3.8, 4) is 0 Å². The largest absolute Gasteiger partial charge is 0.325 e. The van der Waals surface area contributed by atoms with E-state index in [0.717, 1.165) is 43.3 Å². The molecule has 1 saturated heterocycles. The van der Waals surface area contributed by atoms with Gasteiger partial charge in [-0.1, -0.05) is 42.5 Å². The van der Waals surface area contributed by atoms with Crippen LogP contribution in [0.1, 0.15) is 10.8 Å². The van der Waals surface area contributed by atoms with E-state index >= 15 is 0 Å². The number of likely N-dealkylation sites (N-methyl/N-ethyl adjacent to an activating group) is 1. The van der Waals surface area contributed by atoms with E-state index in [2.05, 4.69) is 52.5 Å². The minimum atomic E-state index is -0.0711. The zero-order chi connectivity index (χ0) is 17.9. The first-order valence-electron chi connectivity index (χ1n) is 9.23. The summed E-state index contributed by atoms with van der Waals surface area (Å²) in [6, 6.07) is 18.6. The zero-order valence-corrected chi connectivity index (χ0v) is 18.4. The molecule has 2 atom stereocenters. The molecule has 0 aromatic heterocycles. The van der Waals surface area contributed by atoms with E-state index in [4.69, 9.17) is 0 Å². The topological polar surface area (TPSA) is 35.6 Å². The predicted octanol–water partition coefficient (Wildman–Crippen LogP) is 4.18. The van der Waals surface area contributed by atoms with Gasteiger partial charge >= 0.3 is 0 Å². The lowest BCUT2D eigenvalue weighted by Gasteiger charge is -2.35. The molecule has 2 aliphatic heterocycles. The Bertz CT molecular complexity index is 769. The fraction of sp³-hybridized carbons (Fsp3) is 0.381. The number of carbonyl (C=O) groups is 1. The molecule has 1 amide bonds. The van der Waals surface area contributed by atoms with Gasteiger partial charge in [-0.15, -0.1) is 36.6 Å². The highest BCUT2D eigenvalue weighted by Gasteiger charge is 2.35. The molecule has 0 aliphatic carbocycles. The number of carbonyl (C=O) groups excluding carboxylic acids is 1. The van der Waals surface area contributed by atoms with Gasteiger partial charge in [-0.25, -0.2) is 0 Å². The molecular weight excluding hydrogens is 413 g/mol. The Morgan fingerprint density at radius 2 is 1.61 bits per heavy atom. The minimum absolute atomic E-state index is 0. The summed E-state index contributed by atoms with van der Waals surface area (Å²) in [5.74, 6) is 0.0634. The van der Waals surface area contributed by atoms with Crippen molar-refractivity contribution in [2.24, 2.45) is 5.92 Å². The maximum absolute atomic E-state index is 13.1. The lowest BCUT2D eigenvalue weighted by atomic mass is 9.96. The van der Waals surface area contributed by atoms with Crippen LogP contribution in [0.25, 0.3) is 0 Å². The molecule has 0 bridgehead atoms. The Morgan fingerprint density at radius 1 is 0.964 bits per heavy atom. The molecule has 2 aliphatic rings. The number of nitrogens with zero attached hydrogens (tertiary/aromatic N) is 2. The first-order valence-corrected chi connectivity index (χ1v) is 10.1. The molecule has 1 N–H and O–H groups in total. The summed E-state index contributed by atoms with van der Waals surface area (Å²) in [6.07, 6.45) is 0. The van der Waals surface area contributed by atoms with Crippen LogP contribution in [-0.2, 0) is 4.79 Å². The molecule has 152 valence electrons. The smallest absolute Gasteiger partial charge is 0.230 e. The number of fused-ring (bicyclic) bond motifs is 1. The molecule has 0 spiro atoms. The van der Waals surface area contributed by atoms with Crippen molar-refractivity contribution in [2.45, 2.75) is 10.1 Å². The Balaban J connectivity index is 0.00000140. The molecule has 4 nitrogen and oxygen atoms in total. The number of thioether (sulfide) groups is 1. The number of anilines is 1.